The minimum Gasteiger partial charge on any atom is -0.339 e. The fourth-order valence-corrected chi connectivity index (χ4v) is 2.97. The van der Waals surface area contributed by atoms with Crippen LogP contribution >= 0.6 is 15.9 Å². The van der Waals surface area contributed by atoms with E-state index >= 15 is 0 Å². The molecule has 0 bridgehead atoms. The number of hydrogen-bond donors (Lipinski definition) is 0. The number of piperazine rings is 1. The molecule has 106 valence electrons. The van der Waals surface area contributed by atoms with Crippen molar-refractivity contribution < 1.29 is 4.79 Å². The fourth-order valence-electron chi connectivity index (χ4n) is 2.56. The number of nitriles is 1. The largest absolute Gasteiger partial charge is 0.339 e. The third kappa shape index (κ3) is 2.72. The van der Waals surface area contributed by atoms with Gasteiger partial charge >= 0.3 is 0 Å². The summed E-state index contributed by atoms with van der Waals surface area (Å²) in [6, 6.07) is 2.80. The summed E-state index contributed by atoms with van der Waals surface area (Å²) in [5, 5.41) is 12.9. The molecule has 2 heterocycles. The molecule has 1 saturated heterocycles. The summed E-state index contributed by atoms with van der Waals surface area (Å²) in [4.78, 5) is 16.6. The Bertz CT molecular complexity index is 552. The van der Waals surface area contributed by atoms with Gasteiger partial charge in [0.15, 0.2) is 0 Å². The first-order chi connectivity index (χ1) is 9.69. The zero-order valence-corrected chi connectivity index (χ0v) is 12.7. The van der Waals surface area contributed by atoms with Gasteiger partial charge in [-0.1, -0.05) is 0 Å². The topological polar surface area (TPSA) is 65.2 Å². The molecule has 2 aliphatic rings. The highest BCUT2D eigenvalue weighted by atomic mass is 79.9. The van der Waals surface area contributed by atoms with Crippen molar-refractivity contribution in [1.29, 1.82) is 5.26 Å². The molecule has 7 heteroatoms. The summed E-state index contributed by atoms with van der Waals surface area (Å²) in [7, 11) is 0. The highest BCUT2D eigenvalue weighted by molar-refractivity contribution is 9.10. The van der Waals surface area contributed by atoms with Gasteiger partial charge < -0.3 is 4.90 Å². The molecule has 0 spiro atoms. The smallest absolute Gasteiger partial charge is 0.244 e. The lowest BCUT2D eigenvalue weighted by molar-refractivity contribution is -0.133. The van der Waals surface area contributed by atoms with Gasteiger partial charge in [0.2, 0.25) is 5.91 Å². The van der Waals surface area contributed by atoms with Crippen LogP contribution in [-0.2, 0) is 11.3 Å². The van der Waals surface area contributed by atoms with Gasteiger partial charge in [0.05, 0.1) is 6.20 Å². The predicted octanol–water partition coefficient (Wildman–Crippen LogP) is 0.824. The minimum atomic E-state index is 0.0636. The van der Waals surface area contributed by atoms with E-state index in [1.54, 1.807) is 0 Å². The first-order valence-electron chi connectivity index (χ1n) is 6.82. The maximum absolute atomic E-state index is 12.3. The number of halogens is 1. The van der Waals surface area contributed by atoms with Crippen LogP contribution in [0.1, 0.15) is 18.4 Å². The fraction of sp³-hybridized carbons (Fsp3) is 0.615. The number of hydrogen-bond acceptors (Lipinski definition) is 4. The molecule has 1 aliphatic carbocycles. The molecule has 0 aromatic carbocycles. The zero-order valence-electron chi connectivity index (χ0n) is 11.1. The van der Waals surface area contributed by atoms with Crippen LogP contribution in [0.5, 0.6) is 0 Å². The second-order valence-corrected chi connectivity index (χ2v) is 6.02. The lowest BCUT2D eigenvalue weighted by Crippen LogP contribution is -2.50. The molecule has 0 atom stereocenters. The highest BCUT2D eigenvalue weighted by Crippen LogP contribution is 2.27. The van der Waals surface area contributed by atoms with Gasteiger partial charge in [0.1, 0.15) is 22.8 Å². The van der Waals surface area contributed by atoms with E-state index in [4.69, 9.17) is 5.26 Å². The Hall–Kier alpha value is -1.39. The van der Waals surface area contributed by atoms with Crippen LogP contribution in [0.4, 0.5) is 0 Å². The summed E-state index contributed by atoms with van der Waals surface area (Å²) in [6.07, 6.45) is 4.10. The van der Waals surface area contributed by atoms with Crippen LogP contribution in [-0.4, -0.2) is 57.7 Å². The maximum atomic E-state index is 12.3. The zero-order chi connectivity index (χ0) is 14.1. The van der Waals surface area contributed by atoms with Crippen molar-refractivity contribution in [3.05, 3.63) is 16.4 Å². The Morgan fingerprint density at radius 3 is 2.65 bits per heavy atom. The number of nitrogens with zero attached hydrogens (tertiary/aromatic N) is 5. The van der Waals surface area contributed by atoms with Gasteiger partial charge in [-0.3, -0.25) is 9.69 Å². The van der Waals surface area contributed by atoms with E-state index < -0.39 is 0 Å². The Balaban J connectivity index is 1.56. The lowest BCUT2D eigenvalue weighted by Gasteiger charge is -2.34. The summed E-state index contributed by atoms with van der Waals surface area (Å²) >= 11 is 3.30. The van der Waals surface area contributed by atoms with E-state index in [1.807, 2.05) is 11.0 Å². The third-order valence-electron chi connectivity index (χ3n) is 3.91. The molecule has 3 rings (SSSR count). The Morgan fingerprint density at radius 2 is 2.10 bits per heavy atom. The van der Waals surface area contributed by atoms with Crippen LogP contribution in [0.2, 0.25) is 0 Å². The van der Waals surface area contributed by atoms with Crippen molar-refractivity contribution in [2.45, 2.75) is 25.4 Å². The molecule has 0 N–H and O–H groups in total. The minimum absolute atomic E-state index is 0.0636. The van der Waals surface area contributed by atoms with Crippen molar-refractivity contribution in [2.75, 3.05) is 26.2 Å². The number of amides is 1. The second-order valence-electron chi connectivity index (χ2n) is 5.27. The maximum Gasteiger partial charge on any atom is 0.244 e. The molecule has 1 saturated carbocycles. The first-order valence-corrected chi connectivity index (χ1v) is 7.61. The van der Waals surface area contributed by atoms with Crippen molar-refractivity contribution >= 4 is 21.8 Å². The normalized spacial score (nSPS) is 19.9. The molecule has 1 aromatic heterocycles. The van der Waals surface area contributed by atoms with Crippen LogP contribution in [0.3, 0.4) is 0 Å². The molecule has 2 fully saturated rings. The van der Waals surface area contributed by atoms with Crippen molar-refractivity contribution in [1.82, 2.24) is 19.6 Å². The van der Waals surface area contributed by atoms with E-state index in [0.29, 0.717) is 10.2 Å². The third-order valence-corrected chi connectivity index (χ3v) is 4.75. The van der Waals surface area contributed by atoms with Gasteiger partial charge in [-0.25, -0.2) is 4.68 Å². The number of carbonyl (C=O) groups excluding carboxylic acids is 1. The van der Waals surface area contributed by atoms with E-state index in [0.717, 1.165) is 32.2 Å². The van der Waals surface area contributed by atoms with Crippen molar-refractivity contribution in [3.63, 3.8) is 0 Å². The summed E-state index contributed by atoms with van der Waals surface area (Å²) in [5.74, 6) is 0.0636. The van der Waals surface area contributed by atoms with Gasteiger partial charge in [-0.15, -0.1) is 0 Å². The van der Waals surface area contributed by atoms with E-state index in [1.165, 1.54) is 23.7 Å². The number of carbonyl (C=O) groups is 1. The van der Waals surface area contributed by atoms with Crippen LogP contribution in [0, 0.1) is 11.3 Å². The van der Waals surface area contributed by atoms with Crippen LogP contribution in [0.25, 0.3) is 0 Å². The Morgan fingerprint density at radius 1 is 1.40 bits per heavy atom. The molecule has 20 heavy (non-hydrogen) atoms. The first kappa shape index (κ1) is 13.6. The molecule has 0 unspecified atom stereocenters. The number of aromatic nitrogens is 2. The second kappa shape index (κ2) is 5.54. The van der Waals surface area contributed by atoms with Crippen LogP contribution in [0.15, 0.2) is 10.8 Å². The summed E-state index contributed by atoms with van der Waals surface area (Å²) in [6.45, 7) is 3.71. The highest BCUT2D eigenvalue weighted by Gasteiger charge is 2.32. The monoisotopic (exact) mass is 337 g/mol. The van der Waals surface area contributed by atoms with E-state index in [9.17, 15) is 4.79 Å². The quantitative estimate of drug-likeness (QED) is 0.819. The predicted molar refractivity (Wildman–Crippen MR) is 75.8 cm³/mol. The molecular formula is C13H16BrN5O. The van der Waals surface area contributed by atoms with Gasteiger partial charge in [0.25, 0.3) is 0 Å². The van der Waals surface area contributed by atoms with Crippen LogP contribution < -0.4 is 0 Å². The Labute approximate surface area is 126 Å². The molecular weight excluding hydrogens is 322 g/mol. The molecule has 1 aliphatic heterocycles. The Kier molecular flexibility index (Phi) is 3.76. The van der Waals surface area contributed by atoms with Gasteiger partial charge in [-0.2, -0.15) is 10.4 Å². The average molecular weight is 338 g/mol. The van der Waals surface area contributed by atoms with Crippen molar-refractivity contribution in [3.8, 4) is 6.07 Å². The van der Waals surface area contributed by atoms with Gasteiger partial charge in [0, 0.05) is 32.2 Å². The standard InChI is InChI=1S/C13H16BrN5O/c14-13-10(7-15)8-16-19(13)9-12(20)18-5-3-17(4-6-18)11-1-2-11/h8,11H,1-6,9H2. The summed E-state index contributed by atoms with van der Waals surface area (Å²) < 4.78 is 2.11. The molecule has 1 amide bonds. The summed E-state index contributed by atoms with van der Waals surface area (Å²) in [5.41, 5.74) is 0.455. The van der Waals surface area contributed by atoms with E-state index in [-0.39, 0.29) is 12.5 Å². The molecule has 6 nitrogen and oxygen atoms in total. The van der Waals surface area contributed by atoms with Crippen molar-refractivity contribution in [2.24, 2.45) is 0 Å². The average Bonchev–Trinajstić information content (AvgIpc) is 3.26. The van der Waals surface area contributed by atoms with Gasteiger partial charge in [-0.05, 0) is 28.8 Å². The van der Waals surface area contributed by atoms with E-state index in [2.05, 4.69) is 25.9 Å². The lowest BCUT2D eigenvalue weighted by atomic mass is 10.3. The molecule has 0 radical (unpaired) electrons. The SMILES string of the molecule is N#Cc1cnn(CC(=O)N2CCN(C3CC3)CC2)c1Br. The molecule has 1 aromatic rings. The number of rotatable bonds is 3.